The van der Waals surface area contributed by atoms with Crippen molar-refractivity contribution in [1.29, 1.82) is 0 Å². The van der Waals surface area contributed by atoms with Crippen LogP contribution in [0.2, 0.25) is 0 Å². The number of benzene rings is 1. The van der Waals surface area contributed by atoms with Gasteiger partial charge in [0, 0.05) is 17.5 Å². The molecule has 26 heavy (non-hydrogen) atoms. The Labute approximate surface area is 170 Å². The van der Waals surface area contributed by atoms with Gasteiger partial charge < -0.3 is 10.6 Å². The molecule has 1 aromatic carbocycles. The van der Waals surface area contributed by atoms with Gasteiger partial charge in [0.05, 0.1) is 24.3 Å². The maximum absolute atomic E-state index is 13.7. The molecule has 0 bridgehead atoms. The highest BCUT2D eigenvalue weighted by Crippen LogP contribution is 2.20. The van der Waals surface area contributed by atoms with Gasteiger partial charge in [0.25, 0.3) is 0 Å². The first-order valence-corrected chi connectivity index (χ1v) is 8.42. The normalized spacial score (nSPS) is 11.3. The Morgan fingerprint density at radius 1 is 1.12 bits per heavy atom. The van der Waals surface area contributed by atoms with E-state index in [2.05, 4.69) is 20.6 Å². The fourth-order valence-electron chi connectivity index (χ4n) is 2.04. The lowest BCUT2D eigenvalue weighted by Crippen LogP contribution is -2.36. The summed E-state index contributed by atoms with van der Waals surface area (Å²) in [5.74, 6) is -5.52. The summed E-state index contributed by atoms with van der Waals surface area (Å²) in [4.78, 5) is 9.45. The van der Waals surface area contributed by atoms with E-state index < -0.39 is 35.4 Å². The van der Waals surface area contributed by atoms with Crippen molar-refractivity contribution in [1.82, 2.24) is 15.6 Å². The minimum Gasteiger partial charge on any atom is -0.357 e. The maximum atomic E-state index is 13.7. The number of halogens is 5. The van der Waals surface area contributed by atoms with Crippen molar-refractivity contribution in [3.8, 4) is 0 Å². The van der Waals surface area contributed by atoms with Gasteiger partial charge in [-0.1, -0.05) is 0 Å². The number of aromatic nitrogens is 1. The van der Waals surface area contributed by atoms with E-state index in [1.54, 1.807) is 0 Å². The molecule has 0 radical (unpaired) electrons. The van der Waals surface area contributed by atoms with Crippen LogP contribution in [0.1, 0.15) is 28.1 Å². The van der Waals surface area contributed by atoms with Crippen molar-refractivity contribution in [2.24, 2.45) is 4.99 Å². The second-order valence-electron chi connectivity index (χ2n) is 5.24. The monoisotopic (exact) mass is 502 g/mol. The Hall–Kier alpha value is -1.43. The van der Waals surface area contributed by atoms with E-state index in [4.69, 9.17) is 0 Å². The number of rotatable bonds is 5. The predicted octanol–water partition coefficient (Wildman–Crippen LogP) is 4.19. The van der Waals surface area contributed by atoms with Gasteiger partial charge in [0.1, 0.15) is 5.01 Å². The third-order valence-corrected chi connectivity index (χ3v) is 4.49. The Morgan fingerprint density at radius 2 is 1.73 bits per heavy atom. The zero-order chi connectivity index (χ0) is 18.6. The predicted molar refractivity (Wildman–Crippen MR) is 105 cm³/mol. The van der Waals surface area contributed by atoms with Gasteiger partial charge in [-0.25, -0.2) is 27.5 Å². The van der Waals surface area contributed by atoms with Gasteiger partial charge in [-0.05, 0) is 20.8 Å². The summed E-state index contributed by atoms with van der Waals surface area (Å²) in [7, 11) is 0. The zero-order valence-corrected chi connectivity index (χ0v) is 17.6. The number of aliphatic imine (C=N–C) groups is 1. The second kappa shape index (κ2) is 10.0. The van der Waals surface area contributed by atoms with Crippen LogP contribution in [0.25, 0.3) is 0 Å². The molecule has 2 aromatic rings. The van der Waals surface area contributed by atoms with Gasteiger partial charge in [-0.15, -0.1) is 35.3 Å². The number of hydrogen-bond acceptors (Lipinski definition) is 3. The SMILES string of the molecule is CCNC(=NCc1c(F)c(F)cc(F)c1F)NCc1nc(C)c(C)s1.I. The number of nitrogens with zero attached hydrogens (tertiary/aromatic N) is 2. The Morgan fingerprint density at radius 3 is 2.23 bits per heavy atom. The van der Waals surface area contributed by atoms with Gasteiger partial charge >= 0.3 is 0 Å². The van der Waals surface area contributed by atoms with Crippen molar-refractivity contribution in [2.45, 2.75) is 33.9 Å². The summed E-state index contributed by atoms with van der Waals surface area (Å²) >= 11 is 1.52. The number of thiazole rings is 1. The molecule has 0 aliphatic rings. The van der Waals surface area contributed by atoms with Crippen LogP contribution in [-0.2, 0) is 13.1 Å². The summed E-state index contributed by atoms with van der Waals surface area (Å²) in [6, 6.07) is 0.175. The highest BCUT2D eigenvalue weighted by atomic mass is 127. The molecule has 0 spiro atoms. The van der Waals surface area contributed by atoms with E-state index in [9.17, 15) is 17.6 Å². The Kier molecular flexibility index (Phi) is 8.74. The van der Waals surface area contributed by atoms with Gasteiger partial charge in [0.2, 0.25) is 0 Å². The molecule has 0 atom stereocenters. The molecule has 4 nitrogen and oxygen atoms in total. The third kappa shape index (κ3) is 5.53. The molecule has 144 valence electrons. The first kappa shape index (κ1) is 22.6. The molecule has 0 fully saturated rings. The van der Waals surface area contributed by atoms with Gasteiger partial charge in [-0.3, -0.25) is 0 Å². The van der Waals surface area contributed by atoms with E-state index in [1.807, 2.05) is 20.8 Å². The topological polar surface area (TPSA) is 49.3 Å². The largest absolute Gasteiger partial charge is 0.357 e. The van der Waals surface area contributed by atoms with Crippen LogP contribution in [-0.4, -0.2) is 17.5 Å². The number of aryl methyl sites for hydroxylation is 2. The lowest BCUT2D eigenvalue weighted by Gasteiger charge is -2.11. The average molecular weight is 502 g/mol. The van der Waals surface area contributed by atoms with Crippen LogP contribution in [0.3, 0.4) is 0 Å². The quantitative estimate of drug-likeness (QED) is 0.212. The van der Waals surface area contributed by atoms with Crippen LogP contribution in [0.15, 0.2) is 11.1 Å². The Balaban J connectivity index is 0.00000338. The van der Waals surface area contributed by atoms with Gasteiger partial charge in [0.15, 0.2) is 29.2 Å². The second-order valence-corrected chi connectivity index (χ2v) is 6.53. The van der Waals surface area contributed by atoms with Crippen LogP contribution in [0.4, 0.5) is 17.6 Å². The van der Waals surface area contributed by atoms with Crippen molar-refractivity contribution in [3.05, 3.63) is 50.5 Å². The fourth-order valence-corrected chi connectivity index (χ4v) is 2.91. The lowest BCUT2D eigenvalue weighted by atomic mass is 10.2. The molecule has 0 aliphatic carbocycles. The molecule has 1 aromatic heterocycles. The number of hydrogen-bond donors (Lipinski definition) is 2. The summed E-state index contributed by atoms with van der Waals surface area (Å²) in [5.41, 5.74) is 0.179. The molecule has 10 heteroatoms. The smallest absolute Gasteiger partial charge is 0.191 e. The van der Waals surface area contributed by atoms with Crippen molar-refractivity contribution < 1.29 is 17.6 Å². The molecule has 0 amide bonds. The fraction of sp³-hybridized carbons (Fsp3) is 0.375. The van der Waals surface area contributed by atoms with E-state index in [-0.39, 0.29) is 36.0 Å². The molecular formula is C16H19F4IN4S. The van der Waals surface area contributed by atoms with Gasteiger partial charge in [-0.2, -0.15) is 0 Å². The lowest BCUT2D eigenvalue weighted by molar-refractivity contribution is 0.439. The molecule has 2 rings (SSSR count). The van der Waals surface area contributed by atoms with E-state index in [1.165, 1.54) is 11.3 Å². The number of guanidine groups is 1. The van der Waals surface area contributed by atoms with Crippen molar-refractivity contribution in [2.75, 3.05) is 6.54 Å². The molecule has 0 saturated carbocycles. The zero-order valence-electron chi connectivity index (χ0n) is 14.4. The summed E-state index contributed by atoms with van der Waals surface area (Å²) < 4.78 is 53.8. The van der Waals surface area contributed by atoms with E-state index in [0.29, 0.717) is 13.1 Å². The summed E-state index contributed by atoms with van der Waals surface area (Å²) in [5, 5.41) is 6.69. The van der Waals surface area contributed by atoms with Crippen LogP contribution < -0.4 is 10.6 Å². The van der Waals surface area contributed by atoms with Crippen molar-refractivity contribution in [3.63, 3.8) is 0 Å². The van der Waals surface area contributed by atoms with E-state index >= 15 is 0 Å². The summed E-state index contributed by atoms with van der Waals surface area (Å²) in [6.45, 7) is 6.01. The Bertz CT molecular complexity index is 749. The molecule has 0 saturated heterocycles. The molecular weight excluding hydrogens is 483 g/mol. The maximum Gasteiger partial charge on any atom is 0.191 e. The minimum atomic E-state index is -1.45. The minimum absolute atomic E-state index is 0. The van der Waals surface area contributed by atoms with E-state index in [0.717, 1.165) is 15.6 Å². The highest BCUT2D eigenvalue weighted by Gasteiger charge is 2.18. The highest BCUT2D eigenvalue weighted by molar-refractivity contribution is 14.0. The molecule has 0 aliphatic heterocycles. The van der Waals surface area contributed by atoms with Crippen LogP contribution in [0.5, 0.6) is 0 Å². The standard InChI is InChI=1S/C16H18F4N4S.HI/c1-4-21-16(23-7-13-24-8(2)9(3)25-13)22-6-10-14(19)11(17)5-12(18)15(10)20;/h5H,4,6-7H2,1-3H3,(H2,21,22,23);1H. The summed E-state index contributed by atoms with van der Waals surface area (Å²) in [6.07, 6.45) is 0. The average Bonchev–Trinajstić information content (AvgIpc) is 2.88. The third-order valence-electron chi connectivity index (χ3n) is 3.42. The van der Waals surface area contributed by atoms with Crippen molar-refractivity contribution >= 4 is 41.3 Å². The van der Waals surface area contributed by atoms with Crippen LogP contribution >= 0.6 is 35.3 Å². The molecule has 1 heterocycles. The first-order valence-electron chi connectivity index (χ1n) is 7.60. The number of nitrogens with one attached hydrogen (secondary N) is 2. The van der Waals surface area contributed by atoms with Crippen LogP contribution in [0, 0.1) is 37.1 Å². The molecule has 0 unspecified atom stereocenters. The molecule has 2 N–H and O–H groups in total. The first-order chi connectivity index (χ1) is 11.8.